The predicted molar refractivity (Wildman–Crippen MR) is 98.9 cm³/mol. The Hall–Kier alpha value is -2.06. The van der Waals surface area contributed by atoms with Crippen LogP contribution in [0.3, 0.4) is 0 Å². The van der Waals surface area contributed by atoms with Crippen LogP contribution in [0.1, 0.15) is 6.92 Å². The average Bonchev–Trinajstić information content (AvgIpc) is 2.53. The van der Waals surface area contributed by atoms with Crippen molar-refractivity contribution in [2.75, 3.05) is 11.9 Å². The van der Waals surface area contributed by atoms with E-state index in [1.54, 1.807) is 19.1 Å². The number of hydrazine groups is 2. The molecule has 128 valence electrons. The van der Waals surface area contributed by atoms with E-state index in [4.69, 9.17) is 0 Å². The number of urea groups is 2. The largest absolute Gasteiger partial charge is 0.356 e. The second kappa shape index (κ2) is 8.70. The highest BCUT2D eigenvalue weighted by molar-refractivity contribution is 14.1. The fourth-order valence-corrected chi connectivity index (χ4v) is 2.34. The molecule has 1 aromatic carbocycles. The summed E-state index contributed by atoms with van der Waals surface area (Å²) >= 11 is 2.81. The van der Waals surface area contributed by atoms with Gasteiger partial charge < -0.3 is 5.32 Å². The maximum atomic E-state index is 11.7. The Labute approximate surface area is 155 Å². The zero-order valence-corrected chi connectivity index (χ0v) is 15.4. The molecule has 1 aromatic rings. The lowest BCUT2D eigenvalue weighted by atomic mass is 10.3. The molecule has 0 aliphatic carbocycles. The maximum absolute atomic E-state index is 11.7. The number of hydrazone groups is 1. The van der Waals surface area contributed by atoms with Gasteiger partial charge in [0.25, 0.3) is 5.24 Å². The van der Waals surface area contributed by atoms with Crippen LogP contribution in [0.25, 0.3) is 0 Å². The topological polar surface area (TPSA) is 127 Å². The van der Waals surface area contributed by atoms with Crippen LogP contribution in [0, 0.1) is 3.57 Å². The Bertz CT molecular complexity index is 667. The molecule has 0 fully saturated rings. The van der Waals surface area contributed by atoms with Crippen molar-refractivity contribution < 1.29 is 14.4 Å². The zero-order valence-electron chi connectivity index (χ0n) is 12.4. The molecule has 2 rings (SSSR count). The van der Waals surface area contributed by atoms with Crippen molar-refractivity contribution in [2.24, 2.45) is 5.10 Å². The number of carbonyl (C=O) groups excluding carboxylic acids is 3. The van der Waals surface area contributed by atoms with Crippen molar-refractivity contribution in [3.05, 3.63) is 27.8 Å². The molecular formula is C12H14IN7O3S. The van der Waals surface area contributed by atoms with E-state index in [1.807, 2.05) is 12.1 Å². The summed E-state index contributed by atoms with van der Waals surface area (Å²) in [5, 5.41) is 7.01. The summed E-state index contributed by atoms with van der Waals surface area (Å²) in [4.78, 5) is 37.2. The quantitative estimate of drug-likeness (QED) is 0.263. The third kappa shape index (κ3) is 5.86. The van der Waals surface area contributed by atoms with Crippen molar-refractivity contribution in [2.45, 2.75) is 6.92 Å². The molecule has 12 heteroatoms. The standard InChI is InChI=1S/C12H14IN7O3S/c1-7-6-20(11(22)17-15-7)18-10(21)16-19-24-12(23)14-9-4-2-8(13)3-5-9/h2-5,19H,6H2,1H3,(H,14,23)(H,17,22)(H2,16,18,21). The van der Waals surface area contributed by atoms with Gasteiger partial charge in [-0.2, -0.15) is 9.93 Å². The third-order valence-corrected chi connectivity index (χ3v) is 3.82. The summed E-state index contributed by atoms with van der Waals surface area (Å²) in [6, 6.07) is 5.98. The van der Waals surface area contributed by atoms with E-state index in [2.05, 4.69) is 54.1 Å². The highest BCUT2D eigenvalue weighted by Gasteiger charge is 2.20. The number of anilines is 1. The van der Waals surface area contributed by atoms with Crippen LogP contribution in [-0.4, -0.2) is 34.6 Å². The van der Waals surface area contributed by atoms with Crippen LogP contribution in [0.15, 0.2) is 29.4 Å². The SMILES string of the molecule is CC1=NNC(=O)N(NC(=O)NNSC(=O)Nc2ccc(I)cc2)C1. The minimum absolute atomic E-state index is 0.166. The minimum atomic E-state index is -0.700. The highest BCUT2D eigenvalue weighted by atomic mass is 127. The van der Waals surface area contributed by atoms with E-state index >= 15 is 0 Å². The van der Waals surface area contributed by atoms with Gasteiger partial charge in [-0.3, -0.25) is 10.2 Å². The van der Waals surface area contributed by atoms with E-state index in [-0.39, 0.29) is 6.54 Å². The molecule has 0 bridgehead atoms. The number of amides is 5. The van der Waals surface area contributed by atoms with Crippen LogP contribution >= 0.6 is 34.5 Å². The second-order valence-corrected chi connectivity index (χ2v) is 6.56. The van der Waals surface area contributed by atoms with Crippen LogP contribution in [0.4, 0.5) is 20.1 Å². The minimum Gasteiger partial charge on any atom is -0.316 e. The number of halogens is 1. The summed E-state index contributed by atoms with van der Waals surface area (Å²) in [5.41, 5.74) is 8.05. The lowest BCUT2D eigenvalue weighted by molar-refractivity contribution is 0.172. The molecule has 0 radical (unpaired) electrons. The summed E-state index contributed by atoms with van der Waals surface area (Å²) < 4.78 is 1.05. The Morgan fingerprint density at radius 2 is 2.04 bits per heavy atom. The lowest BCUT2D eigenvalue weighted by Gasteiger charge is -2.25. The number of hydrogen-bond donors (Lipinski definition) is 5. The normalized spacial score (nSPS) is 13.7. The Morgan fingerprint density at radius 1 is 1.33 bits per heavy atom. The van der Waals surface area contributed by atoms with E-state index in [0.717, 1.165) is 8.58 Å². The van der Waals surface area contributed by atoms with Crippen LogP contribution < -0.4 is 26.4 Å². The van der Waals surface area contributed by atoms with Crippen molar-refractivity contribution in [1.29, 1.82) is 0 Å². The molecule has 1 aliphatic rings. The van der Waals surface area contributed by atoms with Gasteiger partial charge in [-0.1, -0.05) is 0 Å². The van der Waals surface area contributed by atoms with Gasteiger partial charge in [0.15, 0.2) is 0 Å². The fraction of sp³-hybridized carbons (Fsp3) is 0.167. The fourth-order valence-electron chi connectivity index (χ4n) is 1.58. The molecule has 5 amide bonds. The van der Waals surface area contributed by atoms with Gasteiger partial charge in [-0.15, -0.1) is 0 Å². The number of benzene rings is 1. The van der Waals surface area contributed by atoms with E-state index in [1.165, 1.54) is 0 Å². The Morgan fingerprint density at radius 3 is 2.75 bits per heavy atom. The number of hydrogen-bond acceptors (Lipinski definition) is 6. The van der Waals surface area contributed by atoms with Gasteiger partial charge in [0, 0.05) is 21.2 Å². The van der Waals surface area contributed by atoms with Crippen molar-refractivity contribution in [3.8, 4) is 0 Å². The molecule has 0 unspecified atom stereocenters. The van der Waals surface area contributed by atoms with Crippen LogP contribution in [0.5, 0.6) is 0 Å². The molecule has 5 N–H and O–H groups in total. The first-order chi connectivity index (χ1) is 11.4. The summed E-state index contributed by atoms with van der Waals surface area (Å²) in [5.74, 6) is 0. The molecule has 0 saturated carbocycles. The van der Waals surface area contributed by atoms with Gasteiger partial charge in [0.05, 0.1) is 12.3 Å². The van der Waals surface area contributed by atoms with Gasteiger partial charge in [-0.05, 0) is 53.8 Å². The molecule has 1 heterocycles. The lowest BCUT2D eigenvalue weighted by Crippen LogP contribution is -2.57. The molecule has 1 aliphatic heterocycles. The monoisotopic (exact) mass is 463 g/mol. The number of carbonyl (C=O) groups is 3. The number of rotatable bonds is 4. The van der Waals surface area contributed by atoms with E-state index < -0.39 is 17.3 Å². The van der Waals surface area contributed by atoms with Crippen molar-refractivity contribution in [3.63, 3.8) is 0 Å². The number of nitrogens with one attached hydrogen (secondary N) is 5. The van der Waals surface area contributed by atoms with Crippen molar-refractivity contribution >= 4 is 63.2 Å². The van der Waals surface area contributed by atoms with E-state index in [9.17, 15) is 14.4 Å². The first-order valence-electron chi connectivity index (χ1n) is 6.60. The van der Waals surface area contributed by atoms with Gasteiger partial charge in [-0.25, -0.2) is 25.4 Å². The molecule has 0 aromatic heterocycles. The summed E-state index contributed by atoms with van der Waals surface area (Å²) in [6.45, 7) is 1.87. The van der Waals surface area contributed by atoms with Crippen molar-refractivity contribution in [1.82, 2.24) is 26.1 Å². The molecule has 10 nitrogen and oxygen atoms in total. The summed E-state index contributed by atoms with van der Waals surface area (Å²) in [6.07, 6.45) is 0. The maximum Gasteiger partial charge on any atom is 0.356 e. The average molecular weight is 463 g/mol. The summed E-state index contributed by atoms with van der Waals surface area (Å²) in [7, 11) is 0. The van der Waals surface area contributed by atoms with Gasteiger partial charge in [0.2, 0.25) is 0 Å². The smallest absolute Gasteiger partial charge is 0.316 e. The van der Waals surface area contributed by atoms with Gasteiger partial charge in [0.1, 0.15) is 0 Å². The Balaban J connectivity index is 1.68. The van der Waals surface area contributed by atoms with Crippen LogP contribution in [-0.2, 0) is 0 Å². The van der Waals surface area contributed by atoms with Gasteiger partial charge >= 0.3 is 12.1 Å². The van der Waals surface area contributed by atoms with E-state index in [0.29, 0.717) is 23.3 Å². The third-order valence-electron chi connectivity index (χ3n) is 2.61. The first-order valence-corrected chi connectivity index (χ1v) is 8.49. The zero-order chi connectivity index (χ0) is 17.5. The van der Waals surface area contributed by atoms with Crippen LogP contribution in [0.2, 0.25) is 0 Å². The molecule has 0 atom stereocenters. The molecule has 0 spiro atoms. The second-order valence-electron chi connectivity index (χ2n) is 4.54. The molecule has 0 saturated heterocycles. The predicted octanol–water partition coefficient (Wildman–Crippen LogP) is 1.59. The Kier molecular flexibility index (Phi) is 6.62. The highest BCUT2D eigenvalue weighted by Crippen LogP contribution is 2.12. The molecular weight excluding hydrogens is 449 g/mol. The molecule has 24 heavy (non-hydrogen) atoms. The number of nitrogens with zero attached hydrogens (tertiary/aromatic N) is 2. The first kappa shape index (κ1) is 18.3.